The zero-order chi connectivity index (χ0) is 23.1. The molecule has 10 heteroatoms. The third-order valence-electron chi connectivity index (χ3n) is 4.91. The number of amides is 2. The van der Waals surface area contributed by atoms with E-state index in [1.807, 2.05) is 6.07 Å². The third kappa shape index (κ3) is 6.06. The predicted octanol–water partition coefficient (Wildman–Crippen LogP) is 1.63. The maximum Gasteiger partial charge on any atom is 0.254 e. The van der Waals surface area contributed by atoms with E-state index < -0.39 is 22.5 Å². The Morgan fingerprint density at radius 1 is 1.09 bits per heavy atom. The van der Waals surface area contributed by atoms with E-state index in [1.165, 1.54) is 12.1 Å². The van der Waals surface area contributed by atoms with Gasteiger partial charge >= 0.3 is 0 Å². The number of carbonyl (C=O) groups is 2. The molecule has 2 aromatic rings. The van der Waals surface area contributed by atoms with E-state index >= 15 is 0 Å². The number of hydrogen-bond acceptors (Lipinski definition) is 6. The van der Waals surface area contributed by atoms with Crippen molar-refractivity contribution in [1.29, 1.82) is 5.26 Å². The number of hydrogen-bond donors (Lipinski definition) is 1. The van der Waals surface area contributed by atoms with Crippen LogP contribution in [0.1, 0.15) is 15.9 Å². The molecule has 0 unspecified atom stereocenters. The summed E-state index contributed by atoms with van der Waals surface area (Å²) in [5.41, 5.74) is 2.03. The fourth-order valence-electron chi connectivity index (χ4n) is 3.25. The molecule has 0 bridgehead atoms. The number of carbonyl (C=O) groups excluding carboxylic acids is 2. The lowest BCUT2D eigenvalue weighted by molar-refractivity contribution is -0.114. The lowest BCUT2D eigenvalue weighted by Crippen LogP contribution is -2.40. The highest BCUT2D eigenvalue weighted by atomic mass is 32.2. The molecule has 1 heterocycles. The summed E-state index contributed by atoms with van der Waals surface area (Å²) in [6.45, 7) is 1.57. The summed E-state index contributed by atoms with van der Waals surface area (Å²) in [5.74, 6) is -0.666. The van der Waals surface area contributed by atoms with E-state index in [0.29, 0.717) is 37.6 Å². The number of nitriles is 1. The lowest BCUT2D eigenvalue weighted by Gasteiger charge is -2.27. The fourth-order valence-corrected chi connectivity index (χ4v) is 4.10. The Balaban J connectivity index is 1.70. The number of rotatable bonds is 7. The number of morpholine rings is 1. The Labute approximate surface area is 187 Å². The summed E-state index contributed by atoms with van der Waals surface area (Å²) in [5, 5.41) is 11.4. The highest BCUT2D eigenvalue weighted by molar-refractivity contribution is 7.92. The first kappa shape index (κ1) is 23.2. The van der Waals surface area contributed by atoms with Crippen LogP contribution in [0.2, 0.25) is 0 Å². The van der Waals surface area contributed by atoms with Gasteiger partial charge in [-0.3, -0.25) is 13.9 Å². The second-order valence-electron chi connectivity index (χ2n) is 7.30. The summed E-state index contributed by atoms with van der Waals surface area (Å²) in [6, 6.07) is 14.9. The first-order valence-corrected chi connectivity index (χ1v) is 11.8. The van der Waals surface area contributed by atoms with Gasteiger partial charge in [0.15, 0.2) is 0 Å². The second kappa shape index (κ2) is 10.3. The van der Waals surface area contributed by atoms with Crippen LogP contribution in [0.5, 0.6) is 0 Å². The van der Waals surface area contributed by atoms with Gasteiger partial charge in [0.25, 0.3) is 5.91 Å². The maximum atomic E-state index is 12.6. The van der Waals surface area contributed by atoms with Crippen LogP contribution in [-0.2, 0) is 26.0 Å². The molecule has 168 valence electrons. The minimum atomic E-state index is -3.75. The van der Waals surface area contributed by atoms with Crippen molar-refractivity contribution in [3.63, 3.8) is 0 Å². The first-order chi connectivity index (χ1) is 15.3. The van der Waals surface area contributed by atoms with Crippen LogP contribution < -0.4 is 9.62 Å². The van der Waals surface area contributed by atoms with Gasteiger partial charge in [-0.1, -0.05) is 12.1 Å². The zero-order valence-corrected chi connectivity index (χ0v) is 18.5. The molecule has 0 spiro atoms. The van der Waals surface area contributed by atoms with Gasteiger partial charge in [-0.15, -0.1) is 0 Å². The van der Waals surface area contributed by atoms with Gasteiger partial charge in [-0.05, 0) is 42.0 Å². The minimum Gasteiger partial charge on any atom is -0.378 e. The molecule has 0 atom stereocenters. The van der Waals surface area contributed by atoms with Gasteiger partial charge in [-0.25, -0.2) is 8.42 Å². The minimum absolute atomic E-state index is 0.150. The summed E-state index contributed by atoms with van der Waals surface area (Å²) < 4.78 is 30.9. The topological polar surface area (TPSA) is 120 Å². The first-order valence-electron chi connectivity index (χ1n) is 9.98. The summed E-state index contributed by atoms with van der Waals surface area (Å²) in [7, 11) is -3.75. The van der Waals surface area contributed by atoms with Crippen molar-refractivity contribution in [3.8, 4) is 6.07 Å². The summed E-state index contributed by atoms with van der Waals surface area (Å²) >= 11 is 0. The molecule has 1 aliphatic rings. The van der Waals surface area contributed by atoms with Crippen LogP contribution in [0.25, 0.3) is 0 Å². The lowest BCUT2D eigenvalue weighted by atomic mass is 10.1. The van der Waals surface area contributed by atoms with Crippen LogP contribution in [0.4, 0.5) is 11.4 Å². The standard InChI is InChI=1S/C22H24N4O5S/c1-32(29,30)26(16-21(27)24-19-6-2-17(3-7-19)10-11-23)20-8-4-18(5-9-20)22(28)25-12-14-31-15-13-25/h2-9H,10,12-16H2,1H3,(H,24,27). The monoisotopic (exact) mass is 456 g/mol. The molecule has 0 radical (unpaired) electrons. The molecule has 1 aliphatic heterocycles. The molecular weight excluding hydrogens is 432 g/mol. The molecular formula is C22H24N4O5S. The van der Waals surface area contributed by atoms with Crippen LogP contribution in [-0.4, -0.2) is 64.2 Å². The number of ether oxygens (including phenoxy) is 1. The van der Waals surface area contributed by atoms with E-state index in [4.69, 9.17) is 10.00 Å². The van der Waals surface area contributed by atoms with Gasteiger partial charge in [0.05, 0.1) is 37.6 Å². The van der Waals surface area contributed by atoms with Crippen LogP contribution in [0.3, 0.4) is 0 Å². The van der Waals surface area contributed by atoms with Crippen LogP contribution >= 0.6 is 0 Å². The largest absolute Gasteiger partial charge is 0.378 e. The molecule has 1 saturated heterocycles. The van der Waals surface area contributed by atoms with E-state index in [0.717, 1.165) is 16.1 Å². The molecule has 0 aromatic heterocycles. The normalized spacial score (nSPS) is 13.8. The summed E-state index contributed by atoms with van der Waals surface area (Å²) in [4.78, 5) is 26.8. The van der Waals surface area contributed by atoms with Gasteiger partial charge in [0, 0.05) is 24.3 Å². The molecule has 2 aromatic carbocycles. The van der Waals surface area contributed by atoms with E-state index in [-0.39, 0.29) is 18.0 Å². The van der Waals surface area contributed by atoms with Gasteiger partial charge < -0.3 is 15.0 Å². The Morgan fingerprint density at radius 3 is 2.28 bits per heavy atom. The molecule has 1 fully saturated rings. The Kier molecular flexibility index (Phi) is 7.45. The Bertz CT molecular complexity index is 1100. The number of nitrogens with one attached hydrogen (secondary N) is 1. The average Bonchev–Trinajstić information content (AvgIpc) is 2.78. The summed E-state index contributed by atoms with van der Waals surface area (Å²) in [6.07, 6.45) is 1.28. The molecule has 0 aliphatic carbocycles. The molecule has 9 nitrogen and oxygen atoms in total. The zero-order valence-electron chi connectivity index (χ0n) is 17.7. The number of benzene rings is 2. The van der Waals surface area contributed by atoms with Gasteiger partial charge in [-0.2, -0.15) is 5.26 Å². The van der Waals surface area contributed by atoms with Crippen molar-refractivity contribution < 1.29 is 22.7 Å². The van der Waals surface area contributed by atoms with E-state index in [1.54, 1.807) is 41.3 Å². The predicted molar refractivity (Wildman–Crippen MR) is 120 cm³/mol. The second-order valence-corrected chi connectivity index (χ2v) is 9.21. The maximum absolute atomic E-state index is 12.6. The van der Waals surface area contributed by atoms with Crippen molar-refractivity contribution in [2.45, 2.75) is 6.42 Å². The molecule has 2 amide bonds. The van der Waals surface area contributed by atoms with Crippen molar-refractivity contribution in [2.24, 2.45) is 0 Å². The van der Waals surface area contributed by atoms with Gasteiger partial charge in [0.1, 0.15) is 6.54 Å². The molecule has 32 heavy (non-hydrogen) atoms. The quantitative estimate of drug-likeness (QED) is 0.676. The number of nitrogens with zero attached hydrogens (tertiary/aromatic N) is 3. The van der Waals surface area contributed by atoms with Crippen LogP contribution in [0.15, 0.2) is 48.5 Å². The number of sulfonamides is 1. The van der Waals surface area contributed by atoms with E-state index in [9.17, 15) is 18.0 Å². The van der Waals surface area contributed by atoms with Crippen LogP contribution in [0, 0.1) is 11.3 Å². The van der Waals surface area contributed by atoms with Gasteiger partial charge in [0.2, 0.25) is 15.9 Å². The van der Waals surface area contributed by atoms with Crippen molar-refractivity contribution in [3.05, 3.63) is 59.7 Å². The molecule has 3 rings (SSSR count). The van der Waals surface area contributed by atoms with Crippen molar-refractivity contribution in [1.82, 2.24) is 4.90 Å². The third-order valence-corrected chi connectivity index (χ3v) is 6.05. The Morgan fingerprint density at radius 2 is 1.72 bits per heavy atom. The van der Waals surface area contributed by atoms with Crippen molar-refractivity contribution in [2.75, 3.05) is 48.7 Å². The average molecular weight is 457 g/mol. The Hall–Kier alpha value is -3.42. The highest BCUT2D eigenvalue weighted by Gasteiger charge is 2.23. The number of anilines is 2. The molecule has 1 N–H and O–H groups in total. The fraction of sp³-hybridized carbons (Fsp3) is 0.318. The SMILES string of the molecule is CS(=O)(=O)N(CC(=O)Nc1ccc(CC#N)cc1)c1ccc(C(=O)N2CCOCC2)cc1. The smallest absolute Gasteiger partial charge is 0.254 e. The molecule has 0 saturated carbocycles. The van der Waals surface area contributed by atoms with Crippen molar-refractivity contribution >= 4 is 33.2 Å². The highest BCUT2D eigenvalue weighted by Crippen LogP contribution is 2.20. The van der Waals surface area contributed by atoms with E-state index in [2.05, 4.69) is 5.32 Å².